The summed E-state index contributed by atoms with van der Waals surface area (Å²) in [5.41, 5.74) is 9.15. The molecule has 0 radical (unpaired) electrons. The first-order valence-electron chi connectivity index (χ1n) is 4.79. The number of rotatable bonds is 0. The lowest BCUT2D eigenvalue weighted by molar-refractivity contribution is 0.314. The number of hydrogen-bond donors (Lipinski definition) is 2. The molecule has 4 nitrogen and oxygen atoms in total. The second kappa shape index (κ2) is 3.46. The molecule has 0 saturated carbocycles. The molecule has 2 heterocycles. The van der Waals surface area contributed by atoms with E-state index in [1.165, 1.54) is 5.56 Å². The van der Waals surface area contributed by atoms with Gasteiger partial charge in [0.05, 0.1) is 0 Å². The monoisotopic (exact) mass is 193 g/mol. The van der Waals surface area contributed by atoms with Crippen LogP contribution in [-0.4, -0.2) is 18.1 Å². The van der Waals surface area contributed by atoms with Gasteiger partial charge in [0.15, 0.2) is 0 Å². The number of nitrogens with one attached hydrogen (secondary N) is 1. The summed E-state index contributed by atoms with van der Waals surface area (Å²) >= 11 is 0. The molecule has 0 aliphatic carbocycles. The molecule has 3 N–H and O–H groups in total. The molecule has 0 aromatic carbocycles. The highest BCUT2D eigenvalue weighted by Crippen LogP contribution is 2.26. The van der Waals surface area contributed by atoms with Crippen LogP contribution in [0.25, 0.3) is 0 Å². The first kappa shape index (κ1) is 9.27. The van der Waals surface area contributed by atoms with Crippen molar-refractivity contribution in [2.45, 2.75) is 20.4 Å². The molecule has 4 heteroatoms. The van der Waals surface area contributed by atoms with E-state index in [1.54, 1.807) is 0 Å². The summed E-state index contributed by atoms with van der Waals surface area (Å²) in [6.45, 7) is 6.37. The number of aromatic nitrogens is 1. The molecule has 0 bridgehead atoms. The lowest BCUT2D eigenvalue weighted by atomic mass is 10.1. The fraction of sp³-hybridized carbons (Fsp3) is 0.500. The van der Waals surface area contributed by atoms with E-state index in [4.69, 9.17) is 10.5 Å². The molecular formula is C10H15N3O. The number of pyridine rings is 1. The van der Waals surface area contributed by atoms with Crippen LogP contribution in [0.3, 0.4) is 0 Å². The van der Waals surface area contributed by atoms with E-state index >= 15 is 0 Å². The van der Waals surface area contributed by atoms with Gasteiger partial charge >= 0.3 is 0 Å². The van der Waals surface area contributed by atoms with Crippen LogP contribution in [0.4, 0.5) is 5.82 Å². The Hall–Kier alpha value is -1.29. The smallest absolute Gasteiger partial charge is 0.220 e. The van der Waals surface area contributed by atoms with Gasteiger partial charge in [-0.05, 0) is 25.0 Å². The molecule has 0 atom stereocenters. The average molecular weight is 193 g/mol. The van der Waals surface area contributed by atoms with Crippen molar-refractivity contribution >= 4 is 5.82 Å². The lowest BCUT2D eigenvalue weighted by Gasteiger charge is -2.12. The lowest BCUT2D eigenvalue weighted by Crippen LogP contribution is -2.16. The summed E-state index contributed by atoms with van der Waals surface area (Å²) in [4.78, 5) is 4.25. The predicted molar refractivity (Wildman–Crippen MR) is 55.3 cm³/mol. The maximum Gasteiger partial charge on any atom is 0.220 e. The fourth-order valence-electron chi connectivity index (χ4n) is 1.60. The number of nitrogens with zero attached hydrogens (tertiary/aromatic N) is 1. The molecule has 1 aliphatic rings. The molecule has 0 unspecified atom stereocenters. The van der Waals surface area contributed by atoms with Crippen LogP contribution in [-0.2, 0) is 6.54 Å². The highest BCUT2D eigenvalue weighted by atomic mass is 16.5. The first-order valence-corrected chi connectivity index (χ1v) is 4.79. The summed E-state index contributed by atoms with van der Waals surface area (Å²) in [5.74, 6) is 1.26. The zero-order valence-corrected chi connectivity index (χ0v) is 8.55. The van der Waals surface area contributed by atoms with E-state index in [2.05, 4.69) is 17.2 Å². The Kier molecular flexibility index (Phi) is 2.29. The van der Waals surface area contributed by atoms with Gasteiger partial charge in [0.25, 0.3) is 0 Å². The molecule has 1 aromatic rings. The van der Waals surface area contributed by atoms with Crippen molar-refractivity contribution in [3.63, 3.8) is 0 Å². The van der Waals surface area contributed by atoms with E-state index in [0.717, 1.165) is 24.2 Å². The van der Waals surface area contributed by atoms with Crippen molar-refractivity contribution in [1.29, 1.82) is 0 Å². The Labute approximate surface area is 83.5 Å². The fourth-order valence-corrected chi connectivity index (χ4v) is 1.60. The Morgan fingerprint density at radius 1 is 1.36 bits per heavy atom. The van der Waals surface area contributed by atoms with Crippen LogP contribution in [0.5, 0.6) is 5.88 Å². The van der Waals surface area contributed by atoms with Crippen LogP contribution >= 0.6 is 0 Å². The van der Waals surface area contributed by atoms with Crippen LogP contribution in [0.15, 0.2) is 0 Å². The van der Waals surface area contributed by atoms with E-state index in [1.807, 2.05) is 6.92 Å². The minimum atomic E-state index is 0.572. The third kappa shape index (κ3) is 1.42. The second-order valence-electron chi connectivity index (χ2n) is 3.56. The Bertz CT molecular complexity index is 363. The molecule has 0 spiro atoms. The van der Waals surface area contributed by atoms with Gasteiger partial charge in [-0.2, -0.15) is 4.98 Å². The normalized spacial score (nSPS) is 15.6. The standard InChI is InChI=1S/C10H15N3O/c1-6-7(2)9(11)13-10-8(6)5-12-3-4-14-10/h12H,3-5H2,1-2H3,(H2,11,13). The molecule has 2 rings (SSSR count). The largest absolute Gasteiger partial charge is 0.476 e. The molecule has 76 valence electrons. The third-order valence-corrected chi connectivity index (χ3v) is 2.70. The first-order chi connectivity index (χ1) is 6.70. The molecule has 0 saturated heterocycles. The van der Waals surface area contributed by atoms with E-state index in [-0.39, 0.29) is 0 Å². The van der Waals surface area contributed by atoms with Gasteiger partial charge < -0.3 is 15.8 Å². The van der Waals surface area contributed by atoms with Gasteiger partial charge in [0.2, 0.25) is 5.88 Å². The number of fused-ring (bicyclic) bond motifs is 1. The third-order valence-electron chi connectivity index (χ3n) is 2.70. The highest BCUT2D eigenvalue weighted by Gasteiger charge is 2.15. The van der Waals surface area contributed by atoms with Crippen LogP contribution in [0.2, 0.25) is 0 Å². The SMILES string of the molecule is Cc1c(N)nc2c(c1C)CNCCO2. The molecule has 0 fully saturated rings. The van der Waals surface area contributed by atoms with Crippen molar-refractivity contribution < 1.29 is 4.74 Å². The molecule has 1 aromatic heterocycles. The minimum Gasteiger partial charge on any atom is -0.476 e. The Morgan fingerprint density at radius 2 is 2.14 bits per heavy atom. The van der Waals surface area contributed by atoms with Crippen molar-refractivity contribution in [3.05, 3.63) is 16.7 Å². The predicted octanol–water partition coefficient (Wildman–Crippen LogP) is 0.763. The minimum absolute atomic E-state index is 0.572. The Morgan fingerprint density at radius 3 is 2.93 bits per heavy atom. The van der Waals surface area contributed by atoms with Gasteiger partial charge in [-0.25, -0.2) is 0 Å². The van der Waals surface area contributed by atoms with Crippen LogP contribution in [0.1, 0.15) is 16.7 Å². The zero-order chi connectivity index (χ0) is 10.1. The maximum absolute atomic E-state index is 5.78. The zero-order valence-electron chi connectivity index (χ0n) is 8.55. The number of ether oxygens (including phenoxy) is 1. The topological polar surface area (TPSA) is 60.2 Å². The molecule has 14 heavy (non-hydrogen) atoms. The highest BCUT2D eigenvalue weighted by molar-refractivity contribution is 5.51. The summed E-state index contributed by atoms with van der Waals surface area (Å²) in [5, 5.41) is 3.29. The van der Waals surface area contributed by atoms with E-state index in [9.17, 15) is 0 Å². The second-order valence-corrected chi connectivity index (χ2v) is 3.56. The van der Waals surface area contributed by atoms with Crippen molar-refractivity contribution in [2.24, 2.45) is 0 Å². The number of nitrogen functional groups attached to an aromatic ring is 1. The van der Waals surface area contributed by atoms with Gasteiger partial charge in [-0.1, -0.05) is 0 Å². The van der Waals surface area contributed by atoms with Crippen molar-refractivity contribution in [2.75, 3.05) is 18.9 Å². The summed E-state index contributed by atoms with van der Waals surface area (Å²) < 4.78 is 5.51. The van der Waals surface area contributed by atoms with Crippen molar-refractivity contribution in [3.8, 4) is 5.88 Å². The summed E-state index contributed by atoms with van der Waals surface area (Å²) in [6.07, 6.45) is 0. The van der Waals surface area contributed by atoms with E-state index < -0.39 is 0 Å². The quantitative estimate of drug-likeness (QED) is 0.638. The maximum atomic E-state index is 5.78. The van der Waals surface area contributed by atoms with Gasteiger partial charge in [-0.3, -0.25) is 0 Å². The Balaban J connectivity index is 2.55. The molecule has 1 aliphatic heterocycles. The van der Waals surface area contributed by atoms with Gasteiger partial charge in [-0.15, -0.1) is 0 Å². The summed E-state index contributed by atoms with van der Waals surface area (Å²) in [6, 6.07) is 0. The average Bonchev–Trinajstić information content (AvgIpc) is 2.39. The van der Waals surface area contributed by atoms with E-state index in [0.29, 0.717) is 18.3 Å². The van der Waals surface area contributed by atoms with Gasteiger partial charge in [0, 0.05) is 18.7 Å². The number of anilines is 1. The van der Waals surface area contributed by atoms with Crippen molar-refractivity contribution in [1.82, 2.24) is 10.3 Å². The molecular weight excluding hydrogens is 178 g/mol. The van der Waals surface area contributed by atoms with Gasteiger partial charge in [0.1, 0.15) is 12.4 Å². The van der Waals surface area contributed by atoms with Crippen LogP contribution < -0.4 is 15.8 Å². The number of nitrogens with two attached hydrogens (primary N) is 1. The number of hydrogen-bond acceptors (Lipinski definition) is 4. The molecule has 0 amide bonds. The summed E-state index contributed by atoms with van der Waals surface area (Å²) in [7, 11) is 0. The van der Waals surface area contributed by atoms with Crippen LogP contribution in [0, 0.1) is 13.8 Å².